The second-order valence-electron chi connectivity index (χ2n) is 7.28. The summed E-state index contributed by atoms with van der Waals surface area (Å²) in [6.07, 6.45) is 0.839. The van der Waals surface area contributed by atoms with Crippen LogP contribution in [0.2, 0.25) is 0 Å². The van der Waals surface area contributed by atoms with E-state index in [0.29, 0.717) is 31.9 Å². The molecule has 2 saturated heterocycles. The molecule has 2 fully saturated rings. The molecule has 26 heavy (non-hydrogen) atoms. The lowest BCUT2D eigenvalue weighted by Gasteiger charge is -2.46. The number of likely N-dealkylation sites (tertiary alicyclic amines) is 1. The molecular weight excluding hydrogens is 330 g/mol. The van der Waals surface area contributed by atoms with Crippen LogP contribution in [-0.4, -0.2) is 60.4 Å². The fraction of sp³-hybridized carbons (Fsp3) is 0.400. The standard InChI is InChI=1S/C20H23N3O3/c1-15-8-9-17(26-15)19(25)22-11-10-20(13-22)14-23(18(24)12-21(20)2)16-6-4-3-5-7-16/h3-9H,10-14H2,1-2H3/t20-/m1/s1. The summed E-state index contributed by atoms with van der Waals surface area (Å²) in [6, 6.07) is 13.3. The topological polar surface area (TPSA) is 57.0 Å². The van der Waals surface area contributed by atoms with Crippen LogP contribution in [0, 0.1) is 6.92 Å². The number of carbonyl (C=O) groups excluding carboxylic acids is 2. The Morgan fingerprint density at radius 1 is 1.12 bits per heavy atom. The lowest BCUT2D eigenvalue weighted by atomic mass is 9.92. The van der Waals surface area contributed by atoms with Crippen LogP contribution in [0.3, 0.4) is 0 Å². The zero-order valence-electron chi connectivity index (χ0n) is 15.1. The number of likely N-dealkylation sites (N-methyl/N-ethyl adjacent to an activating group) is 1. The van der Waals surface area contributed by atoms with Gasteiger partial charge in [0.25, 0.3) is 5.91 Å². The highest BCUT2D eigenvalue weighted by atomic mass is 16.3. The molecule has 6 nitrogen and oxygen atoms in total. The first-order chi connectivity index (χ1) is 12.5. The van der Waals surface area contributed by atoms with Gasteiger partial charge in [-0.3, -0.25) is 14.5 Å². The lowest BCUT2D eigenvalue weighted by molar-refractivity contribution is -0.123. The number of aryl methyl sites for hydroxylation is 1. The Labute approximate surface area is 153 Å². The summed E-state index contributed by atoms with van der Waals surface area (Å²) in [5, 5.41) is 0. The molecule has 0 radical (unpaired) electrons. The van der Waals surface area contributed by atoms with Gasteiger partial charge in [-0.25, -0.2) is 0 Å². The Bertz CT molecular complexity index is 832. The normalized spacial score (nSPS) is 23.8. The van der Waals surface area contributed by atoms with E-state index in [1.54, 1.807) is 6.07 Å². The van der Waals surface area contributed by atoms with Gasteiger partial charge in [-0.1, -0.05) is 18.2 Å². The molecule has 2 aliphatic heterocycles. The Morgan fingerprint density at radius 2 is 1.88 bits per heavy atom. The molecule has 136 valence electrons. The van der Waals surface area contributed by atoms with Crippen molar-refractivity contribution in [2.24, 2.45) is 0 Å². The van der Waals surface area contributed by atoms with Crippen molar-refractivity contribution < 1.29 is 14.0 Å². The Hall–Kier alpha value is -2.60. The minimum atomic E-state index is -0.221. The van der Waals surface area contributed by atoms with Crippen LogP contribution < -0.4 is 4.90 Å². The molecule has 0 saturated carbocycles. The van der Waals surface area contributed by atoms with E-state index in [9.17, 15) is 9.59 Å². The molecule has 1 aromatic heterocycles. The fourth-order valence-electron chi connectivity index (χ4n) is 3.98. The Kier molecular flexibility index (Phi) is 4.07. The van der Waals surface area contributed by atoms with E-state index in [2.05, 4.69) is 4.90 Å². The van der Waals surface area contributed by atoms with Gasteiger partial charge >= 0.3 is 0 Å². The predicted molar refractivity (Wildman–Crippen MR) is 98.1 cm³/mol. The molecule has 1 spiro atoms. The van der Waals surface area contributed by atoms with Crippen LogP contribution in [0.15, 0.2) is 46.9 Å². The second-order valence-corrected chi connectivity index (χ2v) is 7.28. The summed E-state index contributed by atoms with van der Waals surface area (Å²) < 4.78 is 5.50. The van der Waals surface area contributed by atoms with Crippen molar-refractivity contribution in [3.63, 3.8) is 0 Å². The molecule has 0 bridgehead atoms. The zero-order chi connectivity index (χ0) is 18.3. The molecule has 2 aromatic rings. The molecular formula is C20H23N3O3. The highest BCUT2D eigenvalue weighted by Gasteiger charge is 2.49. The fourth-order valence-corrected chi connectivity index (χ4v) is 3.98. The summed E-state index contributed by atoms with van der Waals surface area (Å²) in [7, 11) is 1.98. The molecule has 1 atom stereocenters. The van der Waals surface area contributed by atoms with Crippen molar-refractivity contribution in [1.82, 2.24) is 9.80 Å². The van der Waals surface area contributed by atoms with Crippen LogP contribution in [-0.2, 0) is 4.79 Å². The number of rotatable bonds is 2. The molecule has 6 heteroatoms. The number of anilines is 1. The smallest absolute Gasteiger partial charge is 0.289 e. The highest BCUT2D eigenvalue weighted by molar-refractivity contribution is 5.96. The van der Waals surface area contributed by atoms with E-state index in [1.165, 1.54) is 0 Å². The quantitative estimate of drug-likeness (QED) is 0.830. The summed E-state index contributed by atoms with van der Waals surface area (Å²) in [5.74, 6) is 1.13. The van der Waals surface area contributed by atoms with Crippen molar-refractivity contribution in [3.8, 4) is 0 Å². The van der Waals surface area contributed by atoms with E-state index >= 15 is 0 Å². The maximum absolute atomic E-state index is 12.7. The van der Waals surface area contributed by atoms with E-state index in [-0.39, 0.29) is 17.4 Å². The van der Waals surface area contributed by atoms with Gasteiger partial charge in [-0.2, -0.15) is 0 Å². The van der Waals surface area contributed by atoms with Gasteiger partial charge in [0.05, 0.1) is 12.1 Å². The molecule has 1 aromatic carbocycles. The number of furan rings is 1. The van der Waals surface area contributed by atoms with Crippen LogP contribution in [0.25, 0.3) is 0 Å². The van der Waals surface area contributed by atoms with E-state index in [4.69, 9.17) is 4.42 Å². The lowest BCUT2D eigenvalue weighted by Crippen LogP contribution is -2.64. The van der Waals surface area contributed by atoms with Crippen LogP contribution >= 0.6 is 0 Å². The van der Waals surface area contributed by atoms with Gasteiger partial charge < -0.3 is 14.2 Å². The first-order valence-corrected chi connectivity index (χ1v) is 8.91. The molecule has 2 aliphatic rings. The van der Waals surface area contributed by atoms with Gasteiger partial charge in [0, 0.05) is 25.3 Å². The predicted octanol–water partition coefficient (Wildman–Crippen LogP) is 2.15. The third-order valence-electron chi connectivity index (χ3n) is 5.57. The van der Waals surface area contributed by atoms with Gasteiger partial charge in [0.1, 0.15) is 5.76 Å². The molecule has 0 aliphatic carbocycles. The zero-order valence-corrected chi connectivity index (χ0v) is 15.1. The van der Waals surface area contributed by atoms with E-state index in [0.717, 1.165) is 17.9 Å². The SMILES string of the molecule is Cc1ccc(C(=O)N2CC[C@@]3(C2)CN(c2ccccc2)C(=O)CN3C)o1. The van der Waals surface area contributed by atoms with Crippen molar-refractivity contribution in [2.45, 2.75) is 18.9 Å². The Balaban J connectivity index is 1.56. The highest BCUT2D eigenvalue weighted by Crippen LogP contribution is 2.34. The average Bonchev–Trinajstić information content (AvgIpc) is 3.26. The number of nitrogens with zero attached hydrogens (tertiary/aromatic N) is 3. The number of piperazine rings is 1. The summed E-state index contributed by atoms with van der Waals surface area (Å²) >= 11 is 0. The summed E-state index contributed by atoms with van der Waals surface area (Å²) in [5.41, 5.74) is 0.692. The molecule has 2 amide bonds. The molecule has 4 rings (SSSR count). The van der Waals surface area contributed by atoms with Gasteiger partial charge in [0.2, 0.25) is 5.91 Å². The van der Waals surface area contributed by atoms with Gasteiger partial charge in [-0.05, 0) is 44.7 Å². The van der Waals surface area contributed by atoms with E-state index < -0.39 is 0 Å². The number of carbonyl (C=O) groups is 2. The van der Waals surface area contributed by atoms with Crippen molar-refractivity contribution in [1.29, 1.82) is 0 Å². The van der Waals surface area contributed by atoms with Crippen molar-refractivity contribution in [3.05, 3.63) is 54.0 Å². The monoisotopic (exact) mass is 353 g/mol. The van der Waals surface area contributed by atoms with E-state index in [1.807, 2.05) is 60.2 Å². The van der Waals surface area contributed by atoms with Crippen LogP contribution in [0.5, 0.6) is 0 Å². The first-order valence-electron chi connectivity index (χ1n) is 8.91. The number of para-hydroxylation sites is 1. The first kappa shape index (κ1) is 16.8. The van der Waals surface area contributed by atoms with Crippen molar-refractivity contribution in [2.75, 3.05) is 38.1 Å². The minimum Gasteiger partial charge on any atom is -0.456 e. The van der Waals surface area contributed by atoms with Gasteiger partial charge in [-0.15, -0.1) is 0 Å². The molecule has 3 heterocycles. The largest absolute Gasteiger partial charge is 0.456 e. The third kappa shape index (κ3) is 2.80. The Morgan fingerprint density at radius 3 is 2.58 bits per heavy atom. The second kappa shape index (κ2) is 6.29. The number of benzene rings is 1. The van der Waals surface area contributed by atoms with Gasteiger partial charge in [0.15, 0.2) is 5.76 Å². The number of hydrogen-bond acceptors (Lipinski definition) is 4. The summed E-state index contributed by atoms with van der Waals surface area (Å²) in [6.45, 7) is 4.04. The minimum absolute atomic E-state index is 0.0773. The molecule has 0 unspecified atom stereocenters. The maximum atomic E-state index is 12.7. The summed E-state index contributed by atoms with van der Waals surface area (Å²) in [4.78, 5) is 31.1. The maximum Gasteiger partial charge on any atom is 0.289 e. The number of hydrogen-bond donors (Lipinski definition) is 0. The van der Waals surface area contributed by atoms with Crippen LogP contribution in [0.1, 0.15) is 22.7 Å². The average molecular weight is 353 g/mol. The van der Waals surface area contributed by atoms with Crippen molar-refractivity contribution >= 4 is 17.5 Å². The third-order valence-corrected chi connectivity index (χ3v) is 5.57. The number of amides is 2. The van der Waals surface area contributed by atoms with Crippen LogP contribution in [0.4, 0.5) is 5.69 Å². The molecule has 0 N–H and O–H groups in total.